The number of fused-ring (bicyclic) bond motifs is 2. The Morgan fingerprint density at radius 2 is 1.13 bits per heavy atom. The van der Waals surface area contributed by atoms with Gasteiger partial charge in [-0.3, -0.25) is 9.59 Å². The fourth-order valence-electron chi connectivity index (χ4n) is 6.02. The van der Waals surface area contributed by atoms with Crippen molar-refractivity contribution >= 4 is 57.2 Å². The Balaban J connectivity index is 0.000000154. The maximum Gasteiger partial charge on any atom is 0.280 e. The zero-order valence-electron chi connectivity index (χ0n) is 30.1. The number of nitrogens with zero attached hydrogens (tertiary/aromatic N) is 2. The van der Waals surface area contributed by atoms with E-state index in [1.807, 2.05) is 60.7 Å². The molecule has 4 N–H and O–H groups in total. The van der Waals surface area contributed by atoms with Crippen molar-refractivity contribution in [2.75, 3.05) is 0 Å². The van der Waals surface area contributed by atoms with E-state index in [1.54, 1.807) is 47.5 Å². The van der Waals surface area contributed by atoms with Crippen molar-refractivity contribution in [3.8, 4) is 22.6 Å². The number of aliphatic hydroxyl groups is 2. The van der Waals surface area contributed by atoms with E-state index in [0.717, 1.165) is 42.9 Å². The molecule has 267 valence electrons. The molecule has 3 heterocycles. The van der Waals surface area contributed by atoms with Gasteiger partial charge in [-0.25, -0.2) is 0 Å². The summed E-state index contributed by atoms with van der Waals surface area (Å²) in [5.41, 5.74) is 5.49. The van der Waals surface area contributed by atoms with Crippen molar-refractivity contribution in [2.45, 2.75) is 51.8 Å². The van der Waals surface area contributed by atoms with Crippen LogP contribution in [0.5, 0.6) is 11.5 Å². The van der Waals surface area contributed by atoms with Gasteiger partial charge in [0, 0.05) is 47.1 Å². The minimum absolute atomic E-state index is 0.0191. The predicted octanol–water partition coefficient (Wildman–Crippen LogP) is 6.00. The van der Waals surface area contributed by atoms with E-state index in [9.17, 15) is 24.9 Å². The molecule has 0 unspecified atom stereocenters. The largest absolute Gasteiger partial charge is 0.508 e. The maximum absolute atomic E-state index is 11.9. The Hall–Kier alpha value is -4.61. The first kappa shape index (κ1) is 38.6. The third-order valence-corrected chi connectivity index (χ3v) is 10.4. The highest BCUT2D eigenvalue weighted by atomic mass is 79.9. The van der Waals surface area contributed by atoms with Gasteiger partial charge < -0.3 is 34.2 Å². The van der Waals surface area contributed by atoms with Gasteiger partial charge in [0.25, 0.3) is 17.9 Å². The summed E-state index contributed by atoms with van der Waals surface area (Å²) in [4.78, 5) is 23.5. The molecule has 1 fully saturated rings. The molecule has 0 saturated carbocycles. The quantitative estimate of drug-likeness (QED) is 0.162. The molecule has 7 rings (SSSR count). The summed E-state index contributed by atoms with van der Waals surface area (Å²) in [5, 5.41) is 39.0. The third-order valence-electron chi connectivity index (χ3n) is 9.93. The SMILES string of the molecule is CC1(C)[B]B(c2ccc(O)cc2)OC1(C)C.Cn1c(=O)cc(CO)c2ccc(-c3ccc(O)cc3)cc21.Cn1c(=O)cc(CO)c2ccc(Br)cc21. The van der Waals surface area contributed by atoms with Crippen LogP contribution in [0.15, 0.2) is 111 Å². The molecule has 9 nitrogen and oxygen atoms in total. The highest BCUT2D eigenvalue weighted by molar-refractivity contribution is 9.10. The van der Waals surface area contributed by atoms with Crippen molar-refractivity contribution in [3.63, 3.8) is 0 Å². The van der Waals surface area contributed by atoms with E-state index in [-0.39, 0.29) is 47.8 Å². The Bertz CT molecular complexity index is 2320. The van der Waals surface area contributed by atoms with Crippen LogP contribution in [0.3, 0.4) is 0 Å². The van der Waals surface area contributed by atoms with Crippen LogP contribution in [0.1, 0.15) is 38.8 Å². The molecule has 12 heteroatoms. The van der Waals surface area contributed by atoms with Crippen LogP contribution in [0.2, 0.25) is 5.31 Å². The van der Waals surface area contributed by atoms with Crippen LogP contribution in [0, 0.1) is 0 Å². The number of hydrogen-bond acceptors (Lipinski definition) is 7. The summed E-state index contributed by atoms with van der Waals surface area (Å²) in [6, 6.07) is 28.5. The van der Waals surface area contributed by atoms with E-state index >= 15 is 0 Å². The molecule has 0 atom stereocenters. The van der Waals surface area contributed by atoms with Crippen LogP contribution in [0.25, 0.3) is 32.9 Å². The summed E-state index contributed by atoms with van der Waals surface area (Å²) in [6.45, 7) is 8.35. The third kappa shape index (κ3) is 8.21. The molecule has 0 spiro atoms. The second-order valence-corrected chi connectivity index (χ2v) is 14.8. The van der Waals surface area contributed by atoms with Gasteiger partial charge in [0.1, 0.15) is 18.7 Å². The first-order chi connectivity index (χ1) is 24.5. The first-order valence-corrected chi connectivity index (χ1v) is 17.6. The lowest BCUT2D eigenvalue weighted by molar-refractivity contribution is 0.0881. The van der Waals surface area contributed by atoms with Crippen molar-refractivity contribution in [1.82, 2.24) is 9.13 Å². The molecule has 6 aromatic rings. The summed E-state index contributed by atoms with van der Waals surface area (Å²) < 4.78 is 10.1. The van der Waals surface area contributed by atoms with E-state index < -0.39 is 0 Å². The fraction of sp³-hybridized carbons (Fsp3) is 0.250. The molecule has 1 radical (unpaired) electrons. The summed E-state index contributed by atoms with van der Waals surface area (Å²) in [5.74, 6) is 0.509. The number of benzene rings is 4. The van der Waals surface area contributed by atoms with Crippen LogP contribution < -0.4 is 16.6 Å². The lowest BCUT2D eigenvalue weighted by Gasteiger charge is -2.34. The number of aliphatic hydroxyl groups excluding tert-OH is 2. The van der Waals surface area contributed by atoms with Crippen LogP contribution in [-0.2, 0) is 32.0 Å². The standard InChI is InChI=1S/C17H15NO3.C12H17B2O2.C11H10BrNO2/c1-18-16-8-12(11-2-5-14(20)6-3-11)4-7-15(16)13(10-19)9-17(18)21;1-11(2)12(3,4)16-14(13-11)9-5-7-10(15)8-6-9;1-13-10-5-8(12)2-3-9(10)7(6-14)4-11(13)15/h2-9,19-20H,10H2,1H3;5-8,15H,1-4H3;2-5,14H,6H2,1H3. The topological polar surface area (TPSA) is 134 Å². The van der Waals surface area contributed by atoms with E-state index in [4.69, 9.17) is 9.76 Å². The summed E-state index contributed by atoms with van der Waals surface area (Å²) in [6.07, 6.45) is 0. The molecular weight excluding hydrogens is 722 g/mol. The normalized spacial score (nSPS) is 14.3. The number of aromatic hydroxyl groups is 2. The number of rotatable bonds is 4. The number of pyridine rings is 2. The highest BCUT2D eigenvalue weighted by Gasteiger charge is 2.50. The van der Waals surface area contributed by atoms with Gasteiger partial charge in [-0.2, -0.15) is 0 Å². The molecule has 4 aromatic carbocycles. The average Bonchev–Trinajstić information content (AvgIpc) is 3.34. The van der Waals surface area contributed by atoms with Crippen molar-refractivity contribution in [1.29, 1.82) is 0 Å². The second kappa shape index (κ2) is 15.6. The van der Waals surface area contributed by atoms with E-state index in [1.165, 1.54) is 12.1 Å². The Morgan fingerprint density at radius 3 is 1.62 bits per heavy atom. The van der Waals surface area contributed by atoms with Gasteiger partial charge in [-0.15, -0.1) is 0 Å². The lowest BCUT2D eigenvalue weighted by Crippen LogP contribution is -2.36. The zero-order chi connectivity index (χ0) is 38.0. The molecular formula is C40H42B2BrN2O7. The number of halogens is 1. The predicted molar refractivity (Wildman–Crippen MR) is 213 cm³/mol. The van der Waals surface area contributed by atoms with Gasteiger partial charge in [0.15, 0.2) is 0 Å². The van der Waals surface area contributed by atoms with Crippen molar-refractivity contribution in [3.05, 3.63) is 133 Å². The van der Waals surface area contributed by atoms with Crippen molar-refractivity contribution < 1.29 is 25.1 Å². The van der Waals surface area contributed by atoms with Gasteiger partial charge in [0.2, 0.25) is 0 Å². The number of hydrogen-bond donors (Lipinski definition) is 4. The fourth-order valence-corrected chi connectivity index (χ4v) is 6.37. The smallest absolute Gasteiger partial charge is 0.280 e. The van der Waals surface area contributed by atoms with Gasteiger partial charge in [0.05, 0.1) is 24.2 Å². The summed E-state index contributed by atoms with van der Waals surface area (Å²) in [7, 11) is 5.67. The number of phenols is 2. The van der Waals surface area contributed by atoms with Gasteiger partial charge in [-0.1, -0.05) is 77.7 Å². The molecule has 0 aliphatic carbocycles. The minimum atomic E-state index is -0.162. The van der Waals surface area contributed by atoms with Crippen LogP contribution in [0.4, 0.5) is 0 Å². The number of phenolic OH excluding ortho intramolecular Hbond substituents is 2. The monoisotopic (exact) mass is 763 g/mol. The zero-order valence-corrected chi connectivity index (χ0v) is 31.7. The Morgan fingerprint density at radius 1 is 0.673 bits per heavy atom. The maximum atomic E-state index is 11.9. The van der Waals surface area contributed by atoms with E-state index in [2.05, 4.69) is 50.8 Å². The molecule has 1 aliphatic rings. The van der Waals surface area contributed by atoms with Crippen molar-refractivity contribution in [2.24, 2.45) is 14.1 Å². The Labute approximate surface area is 312 Å². The molecule has 2 aromatic heterocycles. The lowest BCUT2D eigenvalue weighted by atomic mass is 9.23. The molecule has 1 saturated heterocycles. The highest BCUT2D eigenvalue weighted by Crippen LogP contribution is 2.45. The Kier molecular flexibility index (Phi) is 11.6. The van der Waals surface area contributed by atoms with E-state index in [0.29, 0.717) is 16.9 Å². The van der Waals surface area contributed by atoms with Gasteiger partial charge >= 0.3 is 0 Å². The minimum Gasteiger partial charge on any atom is -0.508 e. The van der Waals surface area contributed by atoms with Gasteiger partial charge in [-0.05, 0) is 83.9 Å². The molecule has 1 aliphatic heterocycles. The molecule has 52 heavy (non-hydrogen) atoms. The van der Waals surface area contributed by atoms with Crippen LogP contribution in [-0.4, -0.2) is 49.1 Å². The molecule has 0 amide bonds. The first-order valence-electron chi connectivity index (χ1n) is 16.8. The number of aromatic nitrogens is 2. The second-order valence-electron chi connectivity index (χ2n) is 13.9. The number of aryl methyl sites for hydroxylation is 2. The summed E-state index contributed by atoms with van der Waals surface area (Å²) >= 11 is 3.36. The molecule has 0 bridgehead atoms. The average molecular weight is 764 g/mol. The van der Waals surface area contributed by atoms with Crippen LogP contribution >= 0.6 is 15.9 Å².